The first-order valence-corrected chi connectivity index (χ1v) is 6.79. The van der Waals surface area contributed by atoms with E-state index in [9.17, 15) is 4.79 Å². The third kappa shape index (κ3) is 1.86. The summed E-state index contributed by atoms with van der Waals surface area (Å²) in [5.41, 5.74) is 1.23. The highest BCUT2D eigenvalue weighted by Crippen LogP contribution is 2.37. The van der Waals surface area contributed by atoms with Gasteiger partial charge in [-0.25, -0.2) is 0 Å². The summed E-state index contributed by atoms with van der Waals surface area (Å²) < 4.78 is 0. The summed E-state index contributed by atoms with van der Waals surface area (Å²) >= 11 is 0. The van der Waals surface area contributed by atoms with Gasteiger partial charge in [-0.1, -0.05) is 42.5 Å². The SMILES string of the molecule is C[C@@H](c1ccccc1)N1C[C@@H]2C=CCC[C@@H]2C1=O. The van der Waals surface area contributed by atoms with E-state index in [1.807, 2.05) is 18.2 Å². The summed E-state index contributed by atoms with van der Waals surface area (Å²) in [5, 5.41) is 0. The molecule has 1 saturated heterocycles. The molecule has 94 valence electrons. The van der Waals surface area contributed by atoms with E-state index in [1.165, 1.54) is 5.56 Å². The number of fused-ring (bicyclic) bond motifs is 1. The Bertz CT molecular complexity index is 465. The zero-order valence-electron chi connectivity index (χ0n) is 10.8. The molecule has 0 aromatic heterocycles. The predicted molar refractivity (Wildman–Crippen MR) is 71.9 cm³/mol. The van der Waals surface area contributed by atoms with Gasteiger partial charge in [-0.3, -0.25) is 4.79 Å². The van der Waals surface area contributed by atoms with Gasteiger partial charge in [0.25, 0.3) is 0 Å². The van der Waals surface area contributed by atoms with Gasteiger partial charge in [0.15, 0.2) is 0 Å². The fraction of sp³-hybridized carbons (Fsp3) is 0.438. The van der Waals surface area contributed by atoms with Gasteiger partial charge in [0.2, 0.25) is 5.91 Å². The molecule has 0 N–H and O–H groups in total. The monoisotopic (exact) mass is 241 g/mol. The van der Waals surface area contributed by atoms with Gasteiger partial charge in [0.1, 0.15) is 0 Å². The number of nitrogens with zero attached hydrogens (tertiary/aromatic N) is 1. The maximum Gasteiger partial charge on any atom is 0.226 e. The molecule has 1 aliphatic carbocycles. The van der Waals surface area contributed by atoms with E-state index in [2.05, 4.69) is 36.1 Å². The maximum atomic E-state index is 12.4. The van der Waals surface area contributed by atoms with Crippen molar-refractivity contribution in [2.24, 2.45) is 11.8 Å². The number of carbonyl (C=O) groups is 1. The number of benzene rings is 1. The third-order valence-electron chi connectivity index (χ3n) is 4.30. The van der Waals surface area contributed by atoms with Crippen LogP contribution in [-0.2, 0) is 4.79 Å². The lowest BCUT2D eigenvalue weighted by Crippen LogP contribution is -2.30. The van der Waals surface area contributed by atoms with Crippen LogP contribution in [0, 0.1) is 11.8 Å². The summed E-state index contributed by atoms with van der Waals surface area (Å²) in [6.45, 7) is 3.02. The second-order valence-corrected chi connectivity index (χ2v) is 5.35. The summed E-state index contributed by atoms with van der Waals surface area (Å²) in [7, 11) is 0. The first kappa shape index (κ1) is 11.5. The van der Waals surface area contributed by atoms with Crippen LogP contribution in [0.4, 0.5) is 0 Å². The maximum absolute atomic E-state index is 12.4. The Morgan fingerprint density at radius 3 is 2.78 bits per heavy atom. The minimum absolute atomic E-state index is 0.192. The van der Waals surface area contributed by atoms with Crippen molar-refractivity contribution in [2.45, 2.75) is 25.8 Å². The molecule has 0 bridgehead atoms. The predicted octanol–water partition coefficient (Wildman–Crippen LogP) is 3.17. The van der Waals surface area contributed by atoms with Crippen molar-refractivity contribution in [1.29, 1.82) is 0 Å². The normalized spacial score (nSPS) is 28.3. The molecule has 0 spiro atoms. The highest BCUT2D eigenvalue weighted by Gasteiger charge is 2.41. The van der Waals surface area contributed by atoms with Crippen molar-refractivity contribution in [2.75, 3.05) is 6.54 Å². The van der Waals surface area contributed by atoms with Crippen molar-refractivity contribution >= 4 is 5.91 Å². The van der Waals surface area contributed by atoms with Crippen molar-refractivity contribution in [3.05, 3.63) is 48.0 Å². The van der Waals surface area contributed by atoms with Crippen LogP contribution in [0.15, 0.2) is 42.5 Å². The first-order chi connectivity index (χ1) is 8.77. The van der Waals surface area contributed by atoms with Gasteiger partial charge in [0, 0.05) is 18.4 Å². The molecule has 0 radical (unpaired) electrons. The minimum Gasteiger partial charge on any atom is -0.335 e. The van der Waals surface area contributed by atoms with E-state index in [1.54, 1.807) is 0 Å². The Balaban J connectivity index is 1.82. The molecular weight excluding hydrogens is 222 g/mol. The Labute approximate surface area is 108 Å². The number of allylic oxidation sites excluding steroid dienone is 1. The Hall–Kier alpha value is -1.57. The highest BCUT2D eigenvalue weighted by atomic mass is 16.2. The van der Waals surface area contributed by atoms with Crippen molar-refractivity contribution in [3.8, 4) is 0 Å². The molecule has 1 aromatic carbocycles. The molecule has 2 aliphatic rings. The zero-order chi connectivity index (χ0) is 12.5. The quantitative estimate of drug-likeness (QED) is 0.728. The van der Waals surface area contributed by atoms with E-state index in [-0.39, 0.29) is 12.0 Å². The number of hydrogen-bond acceptors (Lipinski definition) is 1. The Morgan fingerprint density at radius 2 is 2.06 bits per heavy atom. The molecular formula is C16H19NO. The molecule has 3 atom stereocenters. The largest absolute Gasteiger partial charge is 0.335 e. The Kier molecular flexibility index (Phi) is 2.94. The van der Waals surface area contributed by atoms with E-state index in [0.29, 0.717) is 11.8 Å². The molecule has 18 heavy (non-hydrogen) atoms. The van der Waals surface area contributed by atoms with Crippen molar-refractivity contribution < 1.29 is 4.79 Å². The standard InChI is InChI=1S/C16H19NO/c1-12(13-7-3-2-4-8-13)17-11-14-9-5-6-10-15(14)16(17)18/h2-5,7-9,12,14-15H,6,10-11H2,1H3/t12-,14-,15-/m0/s1. The summed E-state index contributed by atoms with van der Waals surface area (Å²) in [5.74, 6) is 1.03. The third-order valence-corrected chi connectivity index (χ3v) is 4.30. The number of amides is 1. The van der Waals surface area contributed by atoms with Crippen LogP contribution in [0.3, 0.4) is 0 Å². The molecule has 1 aliphatic heterocycles. The van der Waals surface area contributed by atoms with Crippen LogP contribution in [-0.4, -0.2) is 17.4 Å². The van der Waals surface area contributed by atoms with Crippen molar-refractivity contribution in [1.82, 2.24) is 4.90 Å². The summed E-state index contributed by atoms with van der Waals surface area (Å²) in [6, 6.07) is 10.5. The average Bonchev–Trinajstić information content (AvgIpc) is 2.77. The van der Waals surface area contributed by atoms with Gasteiger partial charge < -0.3 is 4.90 Å². The van der Waals surface area contributed by atoms with Gasteiger partial charge >= 0.3 is 0 Å². The summed E-state index contributed by atoms with van der Waals surface area (Å²) in [4.78, 5) is 14.5. The second kappa shape index (κ2) is 4.60. The zero-order valence-corrected chi connectivity index (χ0v) is 10.8. The Morgan fingerprint density at radius 1 is 1.28 bits per heavy atom. The number of hydrogen-bond donors (Lipinski definition) is 0. The lowest BCUT2D eigenvalue weighted by atomic mass is 9.87. The fourth-order valence-corrected chi connectivity index (χ4v) is 3.18. The van der Waals surface area contributed by atoms with Crippen LogP contribution < -0.4 is 0 Å². The van der Waals surface area contributed by atoms with Crippen LogP contribution in [0.1, 0.15) is 31.4 Å². The highest BCUT2D eigenvalue weighted by molar-refractivity contribution is 5.82. The molecule has 2 heteroatoms. The fourth-order valence-electron chi connectivity index (χ4n) is 3.18. The average molecular weight is 241 g/mol. The van der Waals surface area contributed by atoms with Crippen LogP contribution in [0.25, 0.3) is 0 Å². The smallest absolute Gasteiger partial charge is 0.226 e. The molecule has 3 rings (SSSR count). The minimum atomic E-state index is 0.192. The van der Waals surface area contributed by atoms with Gasteiger partial charge in [-0.05, 0) is 25.3 Å². The number of carbonyl (C=O) groups excluding carboxylic acids is 1. The molecule has 1 heterocycles. The number of likely N-dealkylation sites (tertiary alicyclic amines) is 1. The summed E-state index contributed by atoms with van der Waals surface area (Å²) in [6.07, 6.45) is 6.55. The molecule has 0 unspecified atom stereocenters. The molecule has 1 aromatic rings. The van der Waals surface area contributed by atoms with E-state index >= 15 is 0 Å². The van der Waals surface area contributed by atoms with E-state index in [4.69, 9.17) is 0 Å². The second-order valence-electron chi connectivity index (χ2n) is 5.35. The number of rotatable bonds is 2. The van der Waals surface area contributed by atoms with Crippen LogP contribution in [0.2, 0.25) is 0 Å². The van der Waals surface area contributed by atoms with Gasteiger partial charge in [-0.15, -0.1) is 0 Å². The van der Waals surface area contributed by atoms with Gasteiger partial charge in [0.05, 0.1) is 6.04 Å². The lowest BCUT2D eigenvalue weighted by Gasteiger charge is -2.25. The van der Waals surface area contributed by atoms with Gasteiger partial charge in [-0.2, -0.15) is 0 Å². The first-order valence-electron chi connectivity index (χ1n) is 6.79. The van der Waals surface area contributed by atoms with Crippen LogP contribution >= 0.6 is 0 Å². The molecule has 1 amide bonds. The topological polar surface area (TPSA) is 20.3 Å². The molecule has 1 fully saturated rings. The van der Waals surface area contributed by atoms with Crippen molar-refractivity contribution in [3.63, 3.8) is 0 Å². The van der Waals surface area contributed by atoms with E-state index < -0.39 is 0 Å². The van der Waals surface area contributed by atoms with E-state index in [0.717, 1.165) is 19.4 Å². The lowest BCUT2D eigenvalue weighted by molar-refractivity contribution is -0.133. The molecule has 2 nitrogen and oxygen atoms in total. The van der Waals surface area contributed by atoms with Crippen LogP contribution in [0.5, 0.6) is 0 Å². The molecule has 0 saturated carbocycles.